The molecule has 24 valence electrons. The first-order chi connectivity index (χ1) is 1.00. The summed E-state index contributed by atoms with van der Waals surface area (Å²) in [5.41, 5.74) is 0. The van der Waals surface area contributed by atoms with Crippen LogP contribution < -0.4 is 0 Å². The summed E-state index contributed by atoms with van der Waals surface area (Å²) < 4.78 is 8.26. The van der Waals surface area contributed by atoms with E-state index in [9.17, 15) is 0 Å². The van der Waals surface area contributed by atoms with Gasteiger partial charge in [-0.3, -0.25) is 0 Å². The minimum atomic E-state index is 0. The topological polar surface area (TPSA) is 17.1 Å². The van der Waals surface area contributed by atoms with Gasteiger partial charge in [0.2, 0.25) is 0 Å². The van der Waals surface area contributed by atoms with Crippen LogP contribution in [0.1, 0.15) is 0 Å². The normalized spacial score (nSPS) is 1.00. The average Bonchev–Trinajstić information content (AvgIpc) is 1.00. The zero-order valence-electron chi connectivity index (χ0n) is 1.73. The van der Waals surface area contributed by atoms with Crippen LogP contribution in [0.2, 0.25) is 0 Å². The van der Waals surface area contributed by atoms with Crippen LogP contribution >= 0.6 is 0 Å². The van der Waals surface area contributed by atoms with Gasteiger partial charge < -0.3 is 0 Å². The number of hydrogen-bond acceptors (Lipinski definition) is 1. The molecule has 0 saturated heterocycles. The van der Waals surface area contributed by atoms with Gasteiger partial charge in [0, 0.05) is 52.4 Å². The maximum absolute atomic E-state index is 8.26. The third-order valence-corrected chi connectivity index (χ3v) is 0. The zero-order chi connectivity index (χ0) is 2.00. The Labute approximate surface area is 74.3 Å². The van der Waals surface area contributed by atoms with E-state index in [4.69, 9.17) is 3.40 Å². The summed E-state index contributed by atoms with van der Waals surface area (Å²) in [6, 6.07) is 0. The Bertz CT molecular complexity index is 8.00. The van der Waals surface area contributed by atoms with Crippen LogP contribution in [0.3, 0.4) is 0 Å². The van der Waals surface area contributed by atoms with E-state index in [1.165, 1.54) is 0 Å². The van der Waals surface area contributed by atoms with Crippen molar-refractivity contribution in [2.75, 3.05) is 0 Å². The summed E-state index contributed by atoms with van der Waals surface area (Å²) in [7, 11) is 0. The SMILES string of the molecule is [Co].[La].[O]=[Mo]. The fourth-order valence-corrected chi connectivity index (χ4v) is 0. The van der Waals surface area contributed by atoms with Crippen molar-refractivity contribution in [2.45, 2.75) is 0 Å². The fourth-order valence-electron chi connectivity index (χ4n) is 0. The first-order valence-electron chi connectivity index (χ1n) is 0.167. The Hall–Kier alpha value is 2.19. The summed E-state index contributed by atoms with van der Waals surface area (Å²) in [6.07, 6.45) is 0. The van der Waals surface area contributed by atoms with Gasteiger partial charge in [0.1, 0.15) is 0 Å². The quantitative estimate of drug-likeness (QED) is 0.570. The van der Waals surface area contributed by atoms with Crippen molar-refractivity contribution in [1.29, 1.82) is 0 Å². The molecule has 0 unspecified atom stereocenters. The van der Waals surface area contributed by atoms with E-state index in [1.54, 1.807) is 0 Å². The van der Waals surface area contributed by atoms with E-state index < -0.39 is 0 Å². The molecule has 0 aromatic heterocycles. The van der Waals surface area contributed by atoms with Crippen LogP contribution in [0.4, 0.5) is 0 Å². The van der Waals surface area contributed by atoms with Gasteiger partial charge in [-0.1, -0.05) is 0 Å². The molecule has 0 aliphatic heterocycles. The van der Waals surface area contributed by atoms with Crippen LogP contribution in [0, 0.1) is 35.6 Å². The van der Waals surface area contributed by atoms with Gasteiger partial charge in [-0.15, -0.1) is 0 Å². The van der Waals surface area contributed by atoms with E-state index in [0.717, 1.165) is 0 Å². The molecule has 0 bridgehead atoms. The molecule has 0 aliphatic carbocycles. The van der Waals surface area contributed by atoms with Crippen molar-refractivity contribution in [3.8, 4) is 0 Å². The van der Waals surface area contributed by atoms with Crippen LogP contribution in [0.15, 0.2) is 0 Å². The predicted molar refractivity (Wildman–Crippen MR) is 0.686 cm³/mol. The predicted octanol–water partition coefficient (Wildman–Crippen LogP) is -0.124. The Kier molecular flexibility index (Phi) is 77.8. The first kappa shape index (κ1) is 16.4. The van der Waals surface area contributed by atoms with Crippen molar-refractivity contribution in [3.63, 3.8) is 0 Å². The Morgan fingerprint density at radius 2 is 1.25 bits per heavy atom. The van der Waals surface area contributed by atoms with E-state index in [0.29, 0.717) is 19.8 Å². The minimum absolute atomic E-state index is 0. The Balaban J connectivity index is -0.00000000500. The monoisotopic (exact) mass is 312 g/mol. The molecule has 0 aliphatic rings. The standard InChI is InChI=1S/Co.La.Mo.O. The molecule has 0 heterocycles. The van der Waals surface area contributed by atoms with Gasteiger partial charge >= 0.3 is 23.2 Å². The summed E-state index contributed by atoms with van der Waals surface area (Å²) in [4.78, 5) is 0. The van der Waals surface area contributed by atoms with Crippen molar-refractivity contribution >= 4 is 0 Å². The summed E-state index contributed by atoms with van der Waals surface area (Å²) in [5, 5.41) is 0. The maximum atomic E-state index is 8.26. The molecule has 0 spiro atoms. The molecule has 2 radical (unpaired) electrons. The summed E-state index contributed by atoms with van der Waals surface area (Å²) in [6.45, 7) is 0. The second-order valence-corrected chi connectivity index (χ2v) is 0. The fraction of sp³-hybridized carbons (Fsp3) is 0. The average molecular weight is 310 g/mol. The van der Waals surface area contributed by atoms with Gasteiger partial charge in [-0.2, -0.15) is 0 Å². The van der Waals surface area contributed by atoms with Crippen LogP contribution in [-0.4, -0.2) is 0 Å². The molecule has 0 fully saturated rings. The van der Waals surface area contributed by atoms with Crippen molar-refractivity contribution in [2.24, 2.45) is 0 Å². The molecular weight excluding hydrogens is 310 g/mol. The molecule has 4 heavy (non-hydrogen) atoms. The van der Waals surface area contributed by atoms with Gasteiger partial charge in [-0.25, -0.2) is 0 Å². The zero-order valence-corrected chi connectivity index (χ0v) is 8.40. The van der Waals surface area contributed by atoms with E-state index in [-0.39, 0.29) is 52.4 Å². The van der Waals surface area contributed by atoms with E-state index >= 15 is 0 Å². The molecule has 0 saturated carbocycles. The van der Waals surface area contributed by atoms with E-state index in [1.807, 2.05) is 0 Å². The number of hydrogen-bond donors (Lipinski definition) is 0. The van der Waals surface area contributed by atoms with Gasteiger partial charge in [-0.05, 0) is 0 Å². The molecule has 0 N–H and O–H groups in total. The molecule has 1 nitrogen and oxygen atoms in total. The second-order valence-electron chi connectivity index (χ2n) is 0. The molecule has 0 rings (SSSR count). The van der Waals surface area contributed by atoms with E-state index in [2.05, 4.69) is 0 Å². The second kappa shape index (κ2) is 19.0. The van der Waals surface area contributed by atoms with Crippen LogP contribution in [-0.2, 0) is 40.0 Å². The van der Waals surface area contributed by atoms with Crippen LogP contribution in [0.25, 0.3) is 0 Å². The summed E-state index contributed by atoms with van der Waals surface area (Å²) >= 11 is 0.700. The van der Waals surface area contributed by atoms with Crippen molar-refractivity contribution < 1.29 is 75.6 Å². The molecule has 0 amide bonds. The van der Waals surface area contributed by atoms with Crippen molar-refractivity contribution in [1.82, 2.24) is 0 Å². The third kappa shape index (κ3) is 8.89. The Morgan fingerprint density at radius 3 is 1.25 bits per heavy atom. The van der Waals surface area contributed by atoms with Gasteiger partial charge in [0.25, 0.3) is 0 Å². The molecule has 0 aromatic carbocycles. The molecular formula is CoLaMoO. The van der Waals surface area contributed by atoms with Crippen LogP contribution in [0.5, 0.6) is 0 Å². The molecule has 0 aromatic rings. The Morgan fingerprint density at radius 1 is 1.25 bits per heavy atom. The summed E-state index contributed by atoms with van der Waals surface area (Å²) in [5.74, 6) is 0. The molecule has 4 heteroatoms. The number of rotatable bonds is 0. The van der Waals surface area contributed by atoms with Gasteiger partial charge in [0.05, 0.1) is 0 Å². The first-order valence-corrected chi connectivity index (χ1v) is 0.986. The van der Waals surface area contributed by atoms with Gasteiger partial charge in [0.15, 0.2) is 0 Å². The third-order valence-electron chi connectivity index (χ3n) is 0. The molecule has 0 atom stereocenters. The van der Waals surface area contributed by atoms with Crippen molar-refractivity contribution in [3.05, 3.63) is 0 Å².